The molecule has 2 heterocycles. The molecule has 2 aromatic heterocycles. The maximum atomic E-state index is 5.79. The molecule has 4 rings (SSSR count). The molecule has 29 heavy (non-hydrogen) atoms. The van der Waals surface area contributed by atoms with E-state index in [2.05, 4.69) is 50.0 Å². The van der Waals surface area contributed by atoms with E-state index in [1.807, 2.05) is 11.7 Å². The van der Waals surface area contributed by atoms with Crippen LogP contribution in [0.1, 0.15) is 42.7 Å². The second-order valence-corrected chi connectivity index (χ2v) is 9.70. The van der Waals surface area contributed by atoms with E-state index in [1.165, 1.54) is 17.7 Å². The molecular formula is C22H29N5OS. The molecule has 1 aliphatic carbocycles. The van der Waals surface area contributed by atoms with Gasteiger partial charge in [-0.15, -0.1) is 10.2 Å². The number of rotatable bonds is 5. The number of nitrogens with two attached hydrogens (primary N) is 1. The molecule has 1 aromatic carbocycles. The van der Waals surface area contributed by atoms with Crippen LogP contribution < -0.4 is 10.5 Å². The third-order valence-electron chi connectivity index (χ3n) is 5.67. The van der Waals surface area contributed by atoms with Crippen LogP contribution in [0.4, 0.5) is 0 Å². The molecule has 1 aliphatic rings. The minimum absolute atomic E-state index is 0.327. The van der Waals surface area contributed by atoms with Crippen molar-refractivity contribution in [2.45, 2.75) is 47.0 Å². The zero-order valence-electron chi connectivity index (χ0n) is 17.9. The zero-order valence-corrected chi connectivity index (χ0v) is 18.7. The van der Waals surface area contributed by atoms with Gasteiger partial charge in [0.1, 0.15) is 23.1 Å². The van der Waals surface area contributed by atoms with E-state index >= 15 is 0 Å². The molecule has 0 fully saturated rings. The molecule has 0 unspecified atom stereocenters. The number of hydrogen-bond donors (Lipinski definition) is 1. The van der Waals surface area contributed by atoms with Gasteiger partial charge in [0.2, 0.25) is 0 Å². The molecular weight excluding hydrogens is 382 g/mol. The lowest BCUT2D eigenvalue weighted by Crippen LogP contribution is -2.23. The molecule has 0 atom stereocenters. The summed E-state index contributed by atoms with van der Waals surface area (Å²) in [7, 11) is 2.04. The van der Waals surface area contributed by atoms with Crippen LogP contribution in [0.2, 0.25) is 0 Å². The van der Waals surface area contributed by atoms with Crippen molar-refractivity contribution in [3.63, 3.8) is 0 Å². The first-order valence-corrected chi connectivity index (χ1v) is 10.9. The van der Waals surface area contributed by atoms with Gasteiger partial charge < -0.3 is 10.5 Å². The van der Waals surface area contributed by atoms with Crippen molar-refractivity contribution in [2.24, 2.45) is 18.2 Å². The Bertz CT molecular complexity index is 1030. The molecule has 0 amide bonds. The lowest BCUT2D eigenvalue weighted by molar-refractivity contribution is 0.307. The predicted octanol–water partition coefficient (Wildman–Crippen LogP) is 4.07. The number of nitrogens with zero attached hydrogens (tertiary/aromatic N) is 4. The lowest BCUT2D eigenvalue weighted by Gasteiger charge is -2.29. The van der Waals surface area contributed by atoms with Gasteiger partial charge in [0, 0.05) is 30.4 Å². The van der Waals surface area contributed by atoms with Gasteiger partial charge in [-0.25, -0.2) is 0 Å². The highest BCUT2D eigenvalue weighted by atomic mass is 32.1. The van der Waals surface area contributed by atoms with Crippen molar-refractivity contribution in [3.8, 4) is 27.0 Å². The predicted molar refractivity (Wildman–Crippen MR) is 117 cm³/mol. The summed E-state index contributed by atoms with van der Waals surface area (Å²) >= 11 is 1.61. The molecule has 6 nitrogen and oxygen atoms in total. The Morgan fingerprint density at radius 3 is 2.55 bits per heavy atom. The molecule has 0 bridgehead atoms. The van der Waals surface area contributed by atoms with E-state index in [4.69, 9.17) is 15.6 Å². The summed E-state index contributed by atoms with van der Waals surface area (Å²) in [6.07, 6.45) is 3.28. The number of ether oxygens (including phenoxy) is 1. The van der Waals surface area contributed by atoms with Gasteiger partial charge in [0.05, 0.1) is 0 Å². The Labute approximate surface area is 176 Å². The van der Waals surface area contributed by atoms with Gasteiger partial charge in [-0.05, 0) is 61.8 Å². The van der Waals surface area contributed by atoms with E-state index in [-0.39, 0.29) is 0 Å². The van der Waals surface area contributed by atoms with Crippen molar-refractivity contribution in [3.05, 3.63) is 34.5 Å². The summed E-state index contributed by atoms with van der Waals surface area (Å²) in [5, 5.41) is 15.6. The normalized spacial score (nSPS) is 15.4. The maximum Gasteiger partial charge on any atom is 0.168 e. The van der Waals surface area contributed by atoms with Gasteiger partial charge in [-0.3, -0.25) is 4.68 Å². The van der Waals surface area contributed by atoms with Crippen LogP contribution in [-0.2, 0) is 19.9 Å². The first kappa shape index (κ1) is 20.0. The third kappa shape index (κ3) is 3.81. The minimum Gasteiger partial charge on any atom is -0.492 e. The van der Waals surface area contributed by atoms with Crippen molar-refractivity contribution in [1.82, 2.24) is 20.0 Å². The Hall–Kier alpha value is -2.25. The largest absolute Gasteiger partial charge is 0.492 e. The monoisotopic (exact) mass is 411 g/mol. The number of fused-ring (bicyclic) bond motifs is 1. The van der Waals surface area contributed by atoms with Crippen LogP contribution in [-0.4, -0.2) is 33.1 Å². The van der Waals surface area contributed by atoms with Crippen molar-refractivity contribution < 1.29 is 4.74 Å². The maximum absolute atomic E-state index is 5.79. The van der Waals surface area contributed by atoms with Gasteiger partial charge >= 0.3 is 0 Å². The van der Waals surface area contributed by atoms with Crippen LogP contribution in [0.3, 0.4) is 0 Å². The average Bonchev–Trinajstić information content (AvgIpc) is 3.25. The van der Waals surface area contributed by atoms with Crippen molar-refractivity contribution >= 4 is 11.3 Å². The molecule has 0 radical (unpaired) electrons. The molecule has 154 valence electrons. The van der Waals surface area contributed by atoms with Crippen LogP contribution in [0.15, 0.2) is 12.1 Å². The van der Waals surface area contributed by atoms with E-state index in [9.17, 15) is 0 Å². The Morgan fingerprint density at radius 2 is 1.86 bits per heavy atom. The first-order valence-electron chi connectivity index (χ1n) is 10.1. The van der Waals surface area contributed by atoms with E-state index < -0.39 is 0 Å². The molecule has 0 saturated heterocycles. The molecule has 0 saturated carbocycles. The summed E-state index contributed by atoms with van der Waals surface area (Å²) in [5.74, 6) is 0.908. The fraction of sp³-hybridized carbons (Fsp3) is 0.500. The van der Waals surface area contributed by atoms with Crippen molar-refractivity contribution in [2.75, 3.05) is 13.2 Å². The Kier molecular flexibility index (Phi) is 5.21. The van der Waals surface area contributed by atoms with Gasteiger partial charge in [0.15, 0.2) is 5.01 Å². The number of hydrogen-bond acceptors (Lipinski definition) is 6. The van der Waals surface area contributed by atoms with Crippen molar-refractivity contribution in [1.29, 1.82) is 0 Å². The van der Waals surface area contributed by atoms with E-state index in [0.717, 1.165) is 51.0 Å². The summed E-state index contributed by atoms with van der Waals surface area (Å²) in [6, 6.07) is 4.22. The lowest BCUT2D eigenvalue weighted by atomic mass is 9.76. The highest BCUT2D eigenvalue weighted by molar-refractivity contribution is 7.17. The number of aryl methyl sites for hydroxylation is 3. The fourth-order valence-electron chi connectivity index (χ4n) is 4.16. The SMILES string of the molecule is Cc1cc(-c2nnc(-c3nn(C)c4c3CCC(C)(C)C4)s2)cc(C)c1OCCN. The number of benzene rings is 1. The second-order valence-electron chi connectivity index (χ2n) is 8.73. The summed E-state index contributed by atoms with van der Waals surface area (Å²) < 4.78 is 7.83. The first-order chi connectivity index (χ1) is 13.8. The fourth-order valence-corrected chi connectivity index (χ4v) is 5.00. The molecule has 3 aromatic rings. The Morgan fingerprint density at radius 1 is 1.17 bits per heavy atom. The van der Waals surface area contributed by atoms with Crippen LogP contribution in [0.25, 0.3) is 21.3 Å². The van der Waals surface area contributed by atoms with Gasteiger partial charge in [0.25, 0.3) is 0 Å². The summed E-state index contributed by atoms with van der Waals surface area (Å²) in [6.45, 7) is 9.80. The quantitative estimate of drug-likeness (QED) is 0.684. The van der Waals surface area contributed by atoms with Gasteiger partial charge in [-0.1, -0.05) is 25.2 Å². The molecule has 7 heteroatoms. The minimum atomic E-state index is 0.327. The summed E-state index contributed by atoms with van der Waals surface area (Å²) in [4.78, 5) is 0. The van der Waals surface area contributed by atoms with Gasteiger partial charge in [-0.2, -0.15) is 5.10 Å². The third-order valence-corrected chi connectivity index (χ3v) is 6.65. The van der Waals surface area contributed by atoms with Crippen LogP contribution in [0, 0.1) is 19.3 Å². The highest BCUT2D eigenvalue weighted by Gasteiger charge is 2.31. The van der Waals surface area contributed by atoms with Crippen LogP contribution >= 0.6 is 11.3 Å². The Balaban J connectivity index is 1.67. The molecule has 0 aliphatic heterocycles. The topological polar surface area (TPSA) is 78.8 Å². The average molecular weight is 412 g/mol. The molecule has 2 N–H and O–H groups in total. The second kappa shape index (κ2) is 7.54. The van der Waals surface area contributed by atoms with Crippen LogP contribution in [0.5, 0.6) is 5.75 Å². The van der Waals surface area contributed by atoms with E-state index in [0.29, 0.717) is 18.6 Å². The summed E-state index contributed by atoms with van der Waals surface area (Å²) in [5.41, 5.74) is 12.8. The zero-order chi connectivity index (χ0) is 20.8. The van der Waals surface area contributed by atoms with E-state index in [1.54, 1.807) is 11.3 Å². The smallest absolute Gasteiger partial charge is 0.168 e. The number of aromatic nitrogens is 4. The molecule has 0 spiro atoms. The highest BCUT2D eigenvalue weighted by Crippen LogP contribution is 2.40. The standard InChI is InChI=1S/C22H29N5OS/c1-13-10-15(11-14(2)19(13)28-9-8-23)20-24-25-21(29-20)18-16-6-7-22(3,4)12-17(16)27(5)26-18/h10-11H,6-9,12,23H2,1-5H3.